The van der Waals surface area contributed by atoms with Crippen molar-refractivity contribution in [3.63, 3.8) is 0 Å². The molecule has 72 heavy (non-hydrogen) atoms. The predicted molar refractivity (Wildman–Crippen MR) is 308 cm³/mol. The van der Waals surface area contributed by atoms with Gasteiger partial charge in [-0.25, -0.2) is 0 Å². The highest BCUT2D eigenvalue weighted by Gasteiger charge is 2.50. The SMILES string of the molecule is [2H]c1c([2H])c([2H])c(-c2cc3c4c(c2)N(c2ccc5c(c2)C(C)(C)CCC5(C)C)c2oc5cc6c(cc5c2B4c2cc4c(cc2N3c2ccc3c(c2)C(C)(C)CCC3(C)C)C(C)(C)CCC4(C)C)C(C)CCC6C)c([2H])c1[2H]. The first kappa shape index (κ1) is 40.9. The molecule has 368 valence electrons. The summed E-state index contributed by atoms with van der Waals surface area (Å²) >= 11 is 0. The van der Waals surface area contributed by atoms with Crippen molar-refractivity contribution in [2.45, 2.75) is 193 Å². The minimum absolute atomic E-state index is 0.00220. The van der Waals surface area contributed by atoms with Gasteiger partial charge in [0, 0.05) is 39.3 Å². The Morgan fingerprint density at radius 1 is 0.472 bits per heavy atom. The molecule has 0 saturated heterocycles. The van der Waals surface area contributed by atoms with Crippen molar-refractivity contribution in [1.29, 1.82) is 0 Å². The molecule has 4 aliphatic carbocycles. The second-order valence-corrected chi connectivity index (χ2v) is 27.4. The topological polar surface area (TPSA) is 19.6 Å². The van der Waals surface area contributed by atoms with E-state index in [0.29, 0.717) is 17.4 Å². The van der Waals surface area contributed by atoms with Crippen LogP contribution >= 0.6 is 0 Å². The highest BCUT2D eigenvalue weighted by Crippen LogP contribution is 2.55. The molecule has 7 aromatic rings. The number of anilines is 6. The Morgan fingerprint density at radius 2 is 0.931 bits per heavy atom. The lowest BCUT2D eigenvalue weighted by Gasteiger charge is -2.47. The molecule has 4 heteroatoms. The summed E-state index contributed by atoms with van der Waals surface area (Å²) in [6, 6.07) is 27.1. The second-order valence-electron chi connectivity index (χ2n) is 27.4. The van der Waals surface area contributed by atoms with Crippen LogP contribution in [0.3, 0.4) is 0 Å². The molecule has 0 bridgehead atoms. The Morgan fingerprint density at radius 3 is 1.47 bits per heavy atom. The van der Waals surface area contributed by atoms with E-state index in [4.69, 9.17) is 8.53 Å². The summed E-state index contributed by atoms with van der Waals surface area (Å²) in [7, 11) is 0. The smallest absolute Gasteiger partial charge is 0.257 e. The normalized spacial score (nSPS) is 24.0. The molecule has 0 amide bonds. The number of rotatable bonds is 3. The molecule has 13 rings (SSSR count). The summed E-state index contributed by atoms with van der Waals surface area (Å²) < 4.78 is 53.6. The Bertz CT molecular complexity index is 3710. The first-order valence-corrected chi connectivity index (χ1v) is 27.5. The van der Waals surface area contributed by atoms with E-state index in [1.807, 2.05) is 0 Å². The van der Waals surface area contributed by atoms with E-state index >= 15 is 0 Å². The number of nitrogens with zero attached hydrogens (tertiary/aromatic N) is 2. The molecule has 2 atom stereocenters. The average Bonchev–Trinajstić information content (AvgIpc) is 4.05. The first-order valence-electron chi connectivity index (χ1n) is 30.0. The van der Waals surface area contributed by atoms with E-state index in [2.05, 4.69) is 180 Å². The maximum Gasteiger partial charge on any atom is 0.257 e. The van der Waals surface area contributed by atoms with Gasteiger partial charge in [-0.2, -0.15) is 0 Å². The van der Waals surface area contributed by atoms with Gasteiger partial charge < -0.3 is 9.32 Å². The first-order chi connectivity index (χ1) is 36.0. The quantitative estimate of drug-likeness (QED) is 0.165. The molecule has 2 aliphatic heterocycles. The average molecular weight is 954 g/mol. The van der Waals surface area contributed by atoms with Gasteiger partial charge >= 0.3 is 0 Å². The van der Waals surface area contributed by atoms with Crippen LogP contribution in [0, 0.1) is 0 Å². The van der Waals surface area contributed by atoms with E-state index in [0.717, 1.165) is 108 Å². The Balaban J connectivity index is 1.22. The van der Waals surface area contributed by atoms with Gasteiger partial charge in [-0.1, -0.05) is 145 Å². The van der Waals surface area contributed by atoms with E-state index in [1.165, 1.54) is 50.0 Å². The third-order valence-electron chi connectivity index (χ3n) is 19.9. The second kappa shape index (κ2) is 15.1. The van der Waals surface area contributed by atoms with Crippen molar-refractivity contribution >= 4 is 68.4 Å². The molecule has 0 saturated carbocycles. The van der Waals surface area contributed by atoms with Crippen LogP contribution in [0.4, 0.5) is 34.3 Å². The molecular formula is C68H77BN2O. The molecule has 0 radical (unpaired) electrons. The maximum atomic E-state index is 9.58. The molecular weight excluding hydrogens is 872 g/mol. The Hall–Kier alpha value is -5.48. The minimum Gasteiger partial charge on any atom is -0.440 e. The molecule has 3 nitrogen and oxygen atoms in total. The van der Waals surface area contributed by atoms with Crippen molar-refractivity contribution in [3.05, 3.63) is 148 Å². The van der Waals surface area contributed by atoms with Crippen LogP contribution in [0.5, 0.6) is 0 Å². The number of hydrogen-bond donors (Lipinski definition) is 0. The monoisotopic (exact) mass is 954 g/mol. The summed E-state index contributed by atoms with van der Waals surface area (Å²) in [6.07, 6.45) is 8.79. The van der Waals surface area contributed by atoms with E-state index in [9.17, 15) is 2.74 Å². The fourth-order valence-electron chi connectivity index (χ4n) is 14.8. The van der Waals surface area contributed by atoms with Gasteiger partial charge in [-0.05, 0) is 217 Å². The Kier molecular flexibility index (Phi) is 8.57. The van der Waals surface area contributed by atoms with Crippen molar-refractivity contribution in [2.75, 3.05) is 9.80 Å². The van der Waals surface area contributed by atoms with Crippen molar-refractivity contribution in [1.82, 2.24) is 0 Å². The summed E-state index contributed by atoms with van der Waals surface area (Å²) in [5.41, 5.74) is 20.9. The predicted octanol–water partition coefficient (Wildman–Crippen LogP) is 17.2. The molecule has 6 aliphatic rings. The van der Waals surface area contributed by atoms with Gasteiger partial charge in [0.05, 0.1) is 6.85 Å². The zero-order chi connectivity index (χ0) is 54.7. The summed E-state index contributed by atoms with van der Waals surface area (Å²) in [5, 5.41) is 1.15. The standard InChI is InChI=1S/C68H77BN2O/c1-40-20-21-41(2)47-37-59-48(36-46(40)47)60-62(72-59)71(45-23-25-50-52(35-45)66(9,10)29-27-64(50,5)6)58-33-43(42-18-16-15-17-19-42)32-57-61(58)69(60)55-38-53-54(68(13,14)31-30-67(53,11)12)39-56(55)70(57)44-22-24-49-51(34-44)65(7,8)28-26-63(49,3)4/h15-19,22-25,32-41H,20-21,26-31H2,1-14H3/i15D,16D,17D,18D,19D. The summed E-state index contributed by atoms with van der Waals surface area (Å²) in [6.45, 7) is 33.3. The largest absolute Gasteiger partial charge is 0.440 e. The van der Waals surface area contributed by atoms with Crippen molar-refractivity contribution in [3.8, 4) is 11.1 Å². The molecule has 1 aromatic heterocycles. The minimum atomic E-state index is -0.395. The fourth-order valence-corrected chi connectivity index (χ4v) is 14.8. The van der Waals surface area contributed by atoms with E-state index < -0.39 is 6.04 Å². The third kappa shape index (κ3) is 6.61. The molecule has 3 heterocycles. The van der Waals surface area contributed by atoms with Crippen LogP contribution in [0.15, 0.2) is 107 Å². The van der Waals surface area contributed by atoms with Crippen molar-refractivity contribution in [2.24, 2.45) is 0 Å². The van der Waals surface area contributed by atoms with Gasteiger partial charge in [0.1, 0.15) is 5.58 Å². The maximum absolute atomic E-state index is 9.58. The van der Waals surface area contributed by atoms with Crippen LogP contribution in [-0.2, 0) is 32.5 Å². The highest BCUT2D eigenvalue weighted by atomic mass is 16.4. The van der Waals surface area contributed by atoms with Gasteiger partial charge in [0.25, 0.3) is 6.71 Å². The number of hydrogen-bond acceptors (Lipinski definition) is 3. The van der Waals surface area contributed by atoms with Crippen LogP contribution in [0.25, 0.3) is 22.1 Å². The van der Waals surface area contributed by atoms with Crippen LogP contribution in [0.1, 0.15) is 211 Å². The lowest BCUT2D eigenvalue weighted by molar-refractivity contribution is 0.332. The van der Waals surface area contributed by atoms with Crippen molar-refractivity contribution < 1.29 is 11.3 Å². The van der Waals surface area contributed by atoms with Crippen LogP contribution in [0.2, 0.25) is 0 Å². The molecule has 2 unspecified atom stereocenters. The summed E-state index contributed by atoms with van der Waals surface area (Å²) in [5.74, 6) is 1.60. The van der Waals surface area contributed by atoms with E-state index in [1.54, 1.807) is 0 Å². The molecule has 0 N–H and O–H groups in total. The molecule has 6 aromatic carbocycles. The number of furan rings is 1. The summed E-state index contributed by atoms with van der Waals surface area (Å²) in [4.78, 5) is 4.87. The zero-order valence-corrected chi connectivity index (χ0v) is 45.6. The molecule has 0 fully saturated rings. The van der Waals surface area contributed by atoms with Crippen LogP contribution in [-0.4, -0.2) is 6.71 Å². The lowest BCUT2D eigenvalue weighted by Crippen LogP contribution is -2.61. The number of fused-ring (bicyclic) bond motifs is 10. The van der Waals surface area contributed by atoms with Gasteiger partial charge in [-0.15, -0.1) is 0 Å². The van der Waals surface area contributed by atoms with Gasteiger partial charge in [-0.3, -0.25) is 4.90 Å². The van der Waals surface area contributed by atoms with E-state index in [-0.39, 0.29) is 68.9 Å². The van der Waals surface area contributed by atoms with Crippen LogP contribution < -0.4 is 26.2 Å². The zero-order valence-electron chi connectivity index (χ0n) is 50.6. The fraction of sp³-hybridized carbons (Fsp3) is 0.441. The highest BCUT2D eigenvalue weighted by molar-refractivity contribution is 7.01. The lowest BCUT2D eigenvalue weighted by atomic mass is 9.33. The third-order valence-corrected chi connectivity index (χ3v) is 19.9. The van der Waals surface area contributed by atoms with Gasteiger partial charge in [0.2, 0.25) is 5.88 Å². The Labute approximate surface area is 438 Å². The van der Waals surface area contributed by atoms with Gasteiger partial charge in [0.15, 0.2) is 0 Å². The molecule has 0 spiro atoms. The number of benzene rings is 6.